The van der Waals surface area contributed by atoms with E-state index in [4.69, 9.17) is 0 Å². The Hall–Kier alpha value is -0.623. The number of hydrogen-bond donors (Lipinski definition) is 0. The van der Waals surface area contributed by atoms with Gasteiger partial charge >= 0.3 is 0 Å². The SMILES string of the molecule is C=CC(c1nc(Br)cc([Si](CC)(CC)CC)c1F)C(F)F. The summed E-state index contributed by atoms with van der Waals surface area (Å²) < 4.78 is 41.5. The van der Waals surface area contributed by atoms with Crippen molar-refractivity contribution in [1.82, 2.24) is 4.98 Å². The van der Waals surface area contributed by atoms with Gasteiger partial charge in [0.15, 0.2) is 0 Å². The lowest BCUT2D eigenvalue weighted by Crippen LogP contribution is -2.48. The Labute approximate surface area is 133 Å². The molecule has 0 spiro atoms. The Kier molecular flexibility index (Phi) is 6.65. The van der Waals surface area contributed by atoms with E-state index >= 15 is 0 Å². The molecule has 0 radical (unpaired) electrons. The van der Waals surface area contributed by atoms with E-state index in [1.54, 1.807) is 6.07 Å². The first-order valence-corrected chi connectivity index (χ1v) is 10.5. The molecule has 0 saturated carbocycles. The van der Waals surface area contributed by atoms with Crippen molar-refractivity contribution < 1.29 is 13.2 Å². The van der Waals surface area contributed by atoms with Crippen LogP contribution in [0.4, 0.5) is 13.2 Å². The highest BCUT2D eigenvalue weighted by Gasteiger charge is 2.35. The molecule has 6 heteroatoms. The quantitative estimate of drug-likeness (QED) is 0.358. The molecule has 0 saturated heterocycles. The van der Waals surface area contributed by atoms with Gasteiger partial charge in [0.2, 0.25) is 6.43 Å². The second-order valence-electron chi connectivity index (χ2n) is 5.13. The van der Waals surface area contributed by atoms with Crippen molar-refractivity contribution in [3.8, 4) is 0 Å². The lowest BCUT2D eigenvalue weighted by atomic mass is 10.1. The van der Waals surface area contributed by atoms with Gasteiger partial charge in [-0.1, -0.05) is 45.0 Å². The summed E-state index contributed by atoms with van der Waals surface area (Å²) in [5.41, 5.74) is -0.198. The number of hydrogen-bond acceptors (Lipinski definition) is 1. The molecular weight excluding hydrogens is 359 g/mol. The number of pyridine rings is 1. The minimum atomic E-state index is -2.72. The number of alkyl halides is 2. The number of nitrogens with zero attached hydrogens (tertiary/aromatic N) is 1. The van der Waals surface area contributed by atoms with Crippen molar-refractivity contribution >= 4 is 29.2 Å². The largest absolute Gasteiger partial charge is 0.250 e. The third-order valence-electron chi connectivity index (χ3n) is 4.39. The Morgan fingerprint density at radius 3 is 2.19 bits per heavy atom. The van der Waals surface area contributed by atoms with Gasteiger partial charge in [0.05, 0.1) is 19.7 Å². The highest BCUT2D eigenvalue weighted by atomic mass is 79.9. The summed E-state index contributed by atoms with van der Waals surface area (Å²) in [5, 5.41) is 0.597. The molecule has 0 N–H and O–H groups in total. The van der Waals surface area contributed by atoms with E-state index in [0.717, 1.165) is 24.2 Å². The van der Waals surface area contributed by atoms with Crippen LogP contribution in [0.2, 0.25) is 18.1 Å². The Balaban J connectivity index is 3.56. The van der Waals surface area contributed by atoms with E-state index in [9.17, 15) is 13.2 Å². The molecule has 1 atom stereocenters. The molecule has 0 aliphatic carbocycles. The molecule has 0 aromatic carbocycles. The van der Waals surface area contributed by atoms with Crippen LogP contribution in [0.25, 0.3) is 0 Å². The number of halogens is 4. The molecule has 21 heavy (non-hydrogen) atoms. The summed E-state index contributed by atoms with van der Waals surface area (Å²) in [6.07, 6.45) is -1.65. The van der Waals surface area contributed by atoms with Crippen molar-refractivity contribution in [2.45, 2.75) is 51.2 Å². The minimum Gasteiger partial charge on any atom is -0.242 e. The molecule has 0 bridgehead atoms. The van der Waals surface area contributed by atoms with Crippen LogP contribution in [-0.4, -0.2) is 19.5 Å². The second kappa shape index (κ2) is 7.58. The third kappa shape index (κ3) is 3.59. The van der Waals surface area contributed by atoms with Crippen molar-refractivity contribution in [3.63, 3.8) is 0 Å². The van der Waals surface area contributed by atoms with Crippen molar-refractivity contribution in [1.29, 1.82) is 0 Å². The summed E-state index contributed by atoms with van der Waals surface area (Å²) in [5.74, 6) is -1.95. The number of aromatic nitrogens is 1. The average molecular weight is 380 g/mol. The van der Waals surface area contributed by atoms with Gasteiger partial charge in [-0.2, -0.15) is 0 Å². The first kappa shape index (κ1) is 18.4. The van der Waals surface area contributed by atoms with Gasteiger partial charge in [0.25, 0.3) is 0 Å². The van der Waals surface area contributed by atoms with Crippen LogP contribution >= 0.6 is 15.9 Å². The van der Waals surface area contributed by atoms with E-state index < -0.39 is 26.2 Å². The molecule has 1 aromatic heterocycles. The van der Waals surface area contributed by atoms with Gasteiger partial charge in [-0.25, -0.2) is 18.2 Å². The molecule has 1 rings (SSSR count). The molecule has 0 amide bonds. The maximum atomic E-state index is 14.9. The zero-order chi connectivity index (χ0) is 16.2. The van der Waals surface area contributed by atoms with Gasteiger partial charge in [0.1, 0.15) is 10.4 Å². The molecular formula is C15H21BrF3NSi. The van der Waals surface area contributed by atoms with Crippen molar-refractivity contribution in [3.05, 3.63) is 34.8 Å². The highest BCUT2D eigenvalue weighted by Crippen LogP contribution is 2.29. The standard InChI is InChI=1S/C15H21BrF3NSi/c1-5-10(15(18)19)14-13(17)11(9-12(16)20-14)21(6-2,7-3)8-4/h5,9-10,15H,1,6-8H2,2-4H3. The Bertz CT molecular complexity index is 496. The van der Waals surface area contributed by atoms with Gasteiger partial charge in [-0.05, 0) is 27.2 Å². The highest BCUT2D eigenvalue weighted by molar-refractivity contribution is 9.10. The molecule has 118 valence electrons. The topological polar surface area (TPSA) is 12.9 Å². The third-order valence-corrected chi connectivity index (χ3v) is 10.4. The van der Waals surface area contributed by atoms with Gasteiger partial charge in [0, 0.05) is 0 Å². The molecule has 0 fully saturated rings. The maximum absolute atomic E-state index is 14.9. The van der Waals surface area contributed by atoms with Crippen LogP contribution < -0.4 is 5.19 Å². The predicted octanol–water partition coefficient (Wildman–Crippen LogP) is 5.23. The molecule has 0 aliphatic heterocycles. The number of allylic oxidation sites excluding steroid dienone is 1. The summed E-state index contributed by atoms with van der Waals surface area (Å²) in [4.78, 5) is 3.95. The fraction of sp³-hybridized carbons (Fsp3) is 0.533. The van der Waals surface area contributed by atoms with Crippen LogP contribution in [0.15, 0.2) is 23.3 Å². The van der Waals surface area contributed by atoms with Crippen LogP contribution in [0.1, 0.15) is 32.4 Å². The van der Waals surface area contributed by atoms with Crippen LogP contribution in [-0.2, 0) is 0 Å². The monoisotopic (exact) mass is 379 g/mol. The van der Waals surface area contributed by atoms with Crippen LogP contribution in [0, 0.1) is 5.82 Å². The average Bonchev–Trinajstić information content (AvgIpc) is 2.46. The van der Waals surface area contributed by atoms with Gasteiger partial charge < -0.3 is 0 Å². The van der Waals surface area contributed by atoms with Crippen molar-refractivity contribution in [2.24, 2.45) is 0 Å². The molecule has 1 aromatic rings. The van der Waals surface area contributed by atoms with Gasteiger partial charge in [-0.3, -0.25) is 0 Å². The van der Waals surface area contributed by atoms with Crippen LogP contribution in [0.3, 0.4) is 0 Å². The zero-order valence-electron chi connectivity index (χ0n) is 12.6. The maximum Gasteiger partial charge on any atom is 0.250 e. The smallest absolute Gasteiger partial charge is 0.242 e. The summed E-state index contributed by atoms with van der Waals surface area (Å²) in [6, 6.07) is 4.30. The summed E-state index contributed by atoms with van der Waals surface area (Å²) in [6.45, 7) is 9.53. The minimum absolute atomic E-state index is 0.198. The molecule has 1 heterocycles. The predicted molar refractivity (Wildman–Crippen MR) is 87.7 cm³/mol. The van der Waals surface area contributed by atoms with E-state index in [2.05, 4.69) is 27.5 Å². The molecule has 0 aliphatic rings. The van der Waals surface area contributed by atoms with Crippen LogP contribution in [0.5, 0.6) is 0 Å². The van der Waals surface area contributed by atoms with E-state index in [1.165, 1.54) is 0 Å². The normalized spacial score (nSPS) is 13.5. The first-order valence-electron chi connectivity index (χ1n) is 7.13. The fourth-order valence-corrected chi connectivity index (χ4v) is 7.09. The Morgan fingerprint density at radius 1 is 1.29 bits per heavy atom. The lowest BCUT2D eigenvalue weighted by Gasteiger charge is -2.30. The van der Waals surface area contributed by atoms with E-state index in [-0.39, 0.29) is 5.69 Å². The Morgan fingerprint density at radius 2 is 1.81 bits per heavy atom. The zero-order valence-corrected chi connectivity index (χ0v) is 15.2. The molecule has 1 nitrogen and oxygen atoms in total. The van der Waals surface area contributed by atoms with E-state index in [1.807, 2.05) is 20.8 Å². The van der Waals surface area contributed by atoms with Crippen molar-refractivity contribution in [2.75, 3.05) is 0 Å². The second-order valence-corrected chi connectivity index (χ2v) is 11.2. The van der Waals surface area contributed by atoms with Gasteiger partial charge in [-0.15, -0.1) is 6.58 Å². The fourth-order valence-electron chi connectivity index (χ4n) is 2.78. The number of rotatable bonds is 7. The molecule has 1 unspecified atom stereocenters. The summed E-state index contributed by atoms with van der Waals surface area (Å²) in [7, 11) is -2.02. The summed E-state index contributed by atoms with van der Waals surface area (Å²) >= 11 is 3.24. The first-order chi connectivity index (χ1) is 9.86. The lowest BCUT2D eigenvalue weighted by molar-refractivity contribution is 0.128. The van der Waals surface area contributed by atoms with E-state index in [0.29, 0.717) is 9.79 Å².